The van der Waals surface area contributed by atoms with Crippen LogP contribution in [0.4, 0.5) is 0 Å². The van der Waals surface area contributed by atoms with E-state index in [-0.39, 0.29) is 30.0 Å². The number of carbonyl (C=O) groups excluding carboxylic acids is 1. The second-order valence-corrected chi connectivity index (χ2v) is 8.76. The van der Waals surface area contributed by atoms with Crippen molar-refractivity contribution in [3.63, 3.8) is 0 Å². The van der Waals surface area contributed by atoms with Crippen molar-refractivity contribution >= 4 is 16.9 Å². The Morgan fingerprint density at radius 2 is 1.88 bits per heavy atom. The average molecular weight is 445 g/mol. The summed E-state index contributed by atoms with van der Waals surface area (Å²) >= 11 is 0. The van der Waals surface area contributed by atoms with E-state index in [9.17, 15) is 9.59 Å². The number of aromatic nitrogens is 5. The lowest BCUT2D eigenvalue weighted by Crippen LogP contribution is -2.29. The number of rotatable bonds is 6. The Bertz CT molecular complexity index is 1370. The van der Waals surface area contributed by atoms with Gasteiger partial charge in [0.05, 0.1) is 22.8 Å². The largest absolute Gasteiger partial charge is 0.348 e. The summed E-state index contributed by atoms with van der Waals surface area (Å²) in [5, 5.41) is 8.07. The summed E-state index contributed by atoms with van der Waals surface area (Å²) in [5.74, 6) is -0.121. The third-order valence-electron chi connectivity index (χ3n) is 5.63. The van der Waals surface area contributed by atoms with Crippen molar-refractivity contribution in [2.75, 3.05) is 0 Å². The van der Waals surface area contributed by atoms with Gasteiger partial charge in [-0.2, -0.15) is 5.10 Å². The molecule has 4 aromatic heterocycles. The van der Waals surface area contributed by atoms with Crippen molar-refractivity contribution in [2.24, 2.45) is 0 Å². The Labute approximate surface area is 192 Å². The van der Waals surface area contributed by atoms with Gasteiger partial charge in [-0.1, -0.05) is 13.8 Å². The van der Waals surface area contributed by atoms with Crippen LogP contribution in [-0.4, -0.2) is 30.6 Å². The number of nitrogens with zero attached hydrogens (tertiary/aromatic N) is 4. The number of amides is 1. The topological polar surface area (TPSA) is 106 Å². The molecule has 33 heavy (non-hydrogen) atoms. The Hall–Kier alpha value is -3.81. The molecule has 0 aliphatic rings. The minimum Gasteiger partial charge on any atom is -0.348 e. The normalized spacial score (nSPS) is 11.5. The van der Waals surface area contributed by atoms with Crippen LogP contribution in [0.2, 0.25) is 0 Å². The molecule has 0 radical (unpaired) electrons. The number of pyridine rings is 3. The van der Waals surface area contributed by atoms with Gasteiger partial charge in [0, 0.05) is 41.8 Å². The van der Waals surface area contributed by atoms with Gasteiger partial charge >= 0.3 is 0 Å². The number of hydrogen-bond donors (Lipinski definition) is 2. The summed E-state index contributed by atoms with van der Waals surface area (Å²) < 4.78 is 1.80. The summed E-state index contributed by atoms with van der Waals surface area (Å²) in [6, 6.07) is 7.52. The van der Waals surface area contributed by atoms with Gasteiger partial charge in [0.2, 0.25) is 0 Å². The number of fused-ring (bicyclic) bond motifs is 1. The molecule has 0 spiro atoms. The Morgan fingerprint density at radius 1 is 1.15 bits per heavy atom. The van der Waals surface area contributed by atoms with E-state index in [1.54, 1.807) is 29.3 Å². The smallest absolute Gasteiger partial charge is 0.253 e. The highest BCUT2D eigenvalue weighted by Gasteiger charge is 2.20. The van der Waals surface area contributed by atoms with E-state index in [0.717, 1.165) is 16.8 Å². The number of aromatic amines is 1. The van der Waals surface area contributed by atoms with Gasteiger partial charge in [0.25, 0.3) is 11.5 Å². The lowest BCUT2D eigenvalue weighted by Gasteiger charge is -2.14. The molecule has 4 rings (SSSR count). The summed E-state index contributed by atoms with van der Waals surface area (Å²) in [7, 11) is 0. The molecule has 4 aromatic rings. The minimum absolute atomic E-state index is 0.0818. The van der Waals surface area contributed by atoms with E-state index < -0.39 is 0 Å². The van der Waals surface area contributed by atoms with Gasteiger partial charge in [0.15, 0.2) is 5.65 Å². The van der Waals surface area contributed by atoms with E-state index in [0.29, 0.717) is 27.9 Å². The number of H-pyrrole nitrogens is 1. The van der Waals surface area contributed by atoms with Crippen LogP contribution in [0.25, 0.3) is 22.3 Å². The van der Waals surface area contributed by atoms with Gasteiger partial charge in [-0.15, -0.1) is 0 Å². The molecular formula is C25H28N6O2. The second-order valence-electron chi connectivity index (χ2n) is 8.76. The van der Waals surface area contributed by atoms with Gasteiger partial charge in [0.1, 0.15) is 0 Å². The van der Waals surface area contributed by atoms with Crippen LogP contribution in [0, 0.1) is 6.92 Å². The molecule has 8 heteroatoms. The average Bonchev–Trinajstić information content (AvgIpc) is 3.22. The number of hydrogen-bond acceptors (Lipinski definition) is 5. The van der Waals surface area contributed by atoms with Crippen LogP contribution in [0.5, 0.6) is 0 Å². The zero-order valence-corrected chi connectivity index (χ0v) is 19.5. The number of aryl methyl sites for hydroxylation is 1. The van der Waals surface area contributed by atoms with E-state index in [4.69, 9.17) is 4.98 Å². The molecule has 0 unspecified atom stereocenters. The Balaban J connectivity index is 1.75. The maximum absolute atomic E-state index is 13.4. The zero-order chi connectivity index (χ0) is 23.7. The molecule has 0 saturated carbocycles. The van der Waals surface area contributed by atoms with Crippen molar-refractivity contribution in [1.29, 1.82) is 0 Å². The zero-order valence-electron chi connectivity index (χ0n) is 19.5. The maximum atomic E-state index is 13.4. The molecule has 1 amide bonds. The lowest BCUT2D eigenvalue weighted by atomic mass is 9.98. The predicted octanol–water partition coefficient (Wildman–Crippen LogP) is 4.12. The SMILES string of the molecule is Cc1cc(C(C)C)c(CNC(=O)c2cc(-c3ccncc3)nc3c2cnn3C(C)C)c(=O)[nH]1. The molecule has 0 saturated heterocycles. The molecule has 4 heterocycles. The molecule has 8 nitrogen and oxygen atoms in total. The van der Waals surface area contributed by atoms with Crippen LogP contribution in [0.3, 0.4) is 0 Å². The molecule has 2 N–H and O–H groups in total. The van der Waals surface area contributed by atoms with Gasteiger partial charge in [-0.25, -0.2) is 9.67 Å². The lowest BCUT2D eigenvalue weighted by molar-refractivity contribution is 0.0952. The van der Waals surface area contributed by atoms with Crippen molar-refractivity contribution in [1.82, 2.24) is 30.0 Å². The molecule has 0 fully saturated rings. The first-order valence-electron chi connectivity index (χ1n) is 11.1. The quantitative estimate of drug-likeness (QED) is 0.465. The highest BCUT2D eigenvalue weighted by atomic mass is 16.1. The summed E-state index contributed by atoms with van der Waals surface area (Å²) in [4.78, 5) is 37.7. The highest BCUT2D eigenvalue weighted by Crippen LogP contribution is 2.26. The van der Waals surface area contributed by atoms with Crippen molar-refractivity contribution in [2.45, 2.75) is 53.1 Å². The van der Waals surface area contributed by atoms with Crippen LogP contribution < -0.4 is 10.9 Å². The molecule has 0 aliphatic heterocycles. The van der Waals surface area contributed by atoms with E-state index >= 15 is 0 Å². The first kappa shape index (κ1) is 22.4. The van der Waals surface area contributed by atoms with E-state index in [2.05, 4.69) is 20.4 Å². The minimum atomic E-state index is -0.282. The third kappa shape index (κ3) is 4.41. The maximum Gasteiger partial charge on any atom is 0.253 e. The van der Waals surface area contributed by atoms with Crippen molar-refractivity contribution < 1.29 is 4.79 Å². The van der Waals surface area contributed by atoms with Gasteiger partial charge in [-0.3, -0.25) is 14.6 Å². The molecule has 0 bridgehead atoms. The fourth-order valence-electron chi connectivity index (χ4n) is 3.96. The fraction of sp³-hybridized carbons (Fsp3) is 0.320. The van der Waals surface area contributed by atoms with Gasteiger partial charge < -0.3 is 10.3 Å². The standard InChI is InChI=1S/C25H28N6O2/c1-14(2)18-10-16(5)29-25(33)21(18)12-27-24(32)19-11-22(17-6-8-26-9-7-17)30-23-20(19)13-28-31(23)15(3)4/h6-11,13-15H,12H2,1-5H3,(H,27,32)(H,29,33). The Kier molecular flexibility index (Phi) is 6.09. The third-order valence-corrected chi connectivity index (χ3v) is 5.63. The molecule has 0 atom stereocenters. The molecule has 0 aromatic carbocycles. The van der Waals surface area contributed by atoms with Crippen LogP contribution in [0.15, 0.2) is 47.7 Å². The predicted molar refractivity (Wildman–Crippen MR) is 128 cm³/mol. The fourth-order valence-corrected chi connectivity index (χ4v) is 3.96. The van der Waals surface area contributed by atoms with E-state index in [1.165, 1.54) is 0 Å². The summed E-state index contributed by atoms with van der Waals surface area (Å²) in [6.45, 7) is 10.1. The Morgan fingerprint density at radius 3 is 2.55 bits per heavy atom. The van der Waals surface area contributed by atoms with Crippen LogP contribution in [-0.2, 0) is 6.54 Å². The summed E-state index contributed by atoms with van der Waals surface area (Å²) in [6.07, 6.45) is 5.06. The highest BCUT2D eigenvalue weighted by molar-refractivity contribution is 6.06. The van der Waals surface area contributed by atoms with Crippen molar-refractivity contribution in [3.8, 4) is 11.3 Å². The van der Waals surface area contributed by atoms with E-state index in [1.807, 2.05) is 52.8 Å². The molecular weight excluding hydrogens is 416 g/mol. The number of nitrogens with one attached hydrogen (secondary N) is 2. The second kappa shape index (κ2) is 8.97. The van der Waals surface area contributed by atoms with Gasteiger partial charge in [-0.05, 0) is 56.5 Å². The molecule has 0 aliphatic carbocycles. The van der Waals surface area contributed by atoms with Crippen LogP contribution in [0.1, 0.15) is 66.8 Å². The summed E-state index contributed by atoms with van der Waals surface area (Å²) in [5.41, 5.74) is 4.75. The monoisotopic (exact) mass is 444 g/mol. The number of carbonyl (C=O) groups is 1. The van der Waals surface area contributed by atoms with Crippen molar-refractivity contribution in [3.05, 3.63) is 75.6 Å². The molecule has 170 valence electrons. The first-order valence-corrected chi connectivity index (χ1v) is 11.1. The first-order chi connectivity index (χ1) is 15.8. The van der Waals surface area contributed by atoms with Crippen LogP contribution >= 0.6 is 0 Å².